The summed E-state index contributed by atoms with van der Waals surface area (Å²) in [5.41, 5.74) is 2.43. The van der Waals surface area contributed by atoms with E-state index in [1.165, 1.54) is 0 Å². The van der Waals surface area contributed by atoms with Crippen molar-refractivity contribution in [2.75, 3.05) is 0 Å². The summed E-state index contributed by atoms with van der Waals surface area (Å²) in [7, 11) is 0. The standard InChI is InChI=1S/C11H9NO2/c1-7-8-4-2-3-5-9(8)11(12-7)10(14)6-13/h2-6,11-12H,1H2. The summed E-state index contributed by atoms with van der Waals surface area (Å²) in [6.45, 7) is 3.78. The molecule has 1 aromatic carbocycles. The van der Waals surface area contributed by atoms with Crippen LogP contribution in [0.4, 0.5) is 0 Å². The van der Waals surface area contributed by atoms with Crippen LogP contribution in [0.1, 0.15) is 17.2 Å². The van der Waals surface area contributed by atoms with Crippen LogP contribution in [0.3, 0.4) is 0 Å². The minimum atomic E-state index is -0.545. The summed E-state index contributed by atoms with van der Waals surface area (Å²) in [5, 5.41) is 2.89. The zero-order valence-corrected chi connectivity index (χ0v) is 7.49. The van der Waals surface area contributed by atoms with Crippen LogP contribution in [0.15, 0.2) is 30.8 Å². The summed E-state index contributed by atoms with van der Waals surface area (Å²) < 4.78 is 0. The molecule has 0 fully saturated rings. The van der Waals surface area contributed by atoms with Gasteiger partial charge in [0.25, 0.3) is 0 Å². The van der Waals surface area contributed by atoms with E-state index < -0.39 is 11.8 Å². The smallest absolute Gasteiger partial charge is 0.221 e. The van der Waals surface area contributed by atoms with Gasteiger partial charge < -0.3 is 5.32 Å². The summed E-state index contributed by atoms with van der Waals surface area (Å²) in [5.74, 6) is -0.462. The second-order valence-electron chi connectivity index (χ2n) is 3.16. The quantitative estimate of drug-likeness (QED) is 0.556. The van der Waals surface area contributed by atoms with Crippen molar-refractivity contribution in [1.82, 2.24) is 5.32 Å². The van der Waals surface area contributed by atoms with Crippen LogP contribution >= 0.6 is 0 Å². The van der Waals surface area contributed by atoms with Crippen LogP contribution in [0.5, 0.6) is 0 Å². The van der Waals surface area contributed by atoms with Gasteiger partial charge in [-0.25, -0.2) is 0 Å². The molecule has 1 atom stereocenters. The SMILES string of the molecule is C=C1NC(C(=O)C=O)c2ccccc21. The van der Waals surface area contributed by atoms with Crippen molar-refractivity contribution in [1.29, 1.82) is 0 Å². The van der Waals surface area contributed by atoms with Gasteiger partial charge in [-0.3, -0.25) is 9.59 Å². The van der Waals surface area contributed by atoms with E-state index in [2.05, 4.69) is 11.9 Å². The zero-order chi connectivity index (χ0) is 10.1. The largest absolute Gasteiger partial charge is 0.371 e. The lowest BCUT2D eigenvalue weighted by Gasteiger charge is -2.05. The molecule has 0 bridgehead atoms. The molecular formula is C11H9NO2. The molecular weight excluding hydrogens is 178 g/mol. The monoisotopic (exact) mass is 187 g/mol. The molecule has 14 heavy (non-hydrogen) atoms. The van der Waals surface area contributed by atoms with Gasteiger partial charge in [-0.15, -0.1) is 0 Å². The third-order valence-electron chi connectivity index (χ3n) is 2.32. The highest BCUT2D eigenvalue weighted by atomic mass is 16.2. The van der Waals surface area contributed by atoms with Crippen LogP contribution in [-0.2, 0) is 9.59 Å². The molecule has 0 saturated heterocycles. The fourth-order valence-corrected chi connectivity index (χ4v) is 1.65. The molecule has 0 radical (unpaired) electrons. The van der Waals surface area contributed by atoms with E-state index in [9.17, 15) is 9.59 Å². The van der Waals surface area contributed by atoms with Gasteiger partial charge in [-0.2, -0.15) is 0 Å². The second kappa shape index (κ2) is 3.10. The van der Waals surface area contributed by atoms with Crippen LogP contribution < -0.4 is 5.32 Å². The minimum Gasteiger partial charge on any atom is -0.371 e. The van der Waals surface area contributed by atoms with Crippen molar-refractivity contribution in [3.05, 3.63) is 42.0 Å². The second-order valence-corrected chi connectivity index (χ2v) is 3.16. The molecule has 0 amide bonds. The van der Waals surface area contributed by atoms with Gasteiger partial charge in [-0.05, 0) is 5.56 Å². The number of carbonyl (C=O) groups is 2. The topological polar surface area (TPSA) is 46.2 Å². The van der Waals surface area contributed by atoms with Crippen molar-refractivity contribution in [3.8, 4) is 0 Å². The lowest BCUT2D eigenvalue weighted by Crippen LogP contribution is -2.22. The Kier molecular flexibility index (Phi) is 1.93. The van der Waals surface area contributed by atoms with E-state index in [0.29, 0.717) is 12.0 Å². The average molecular weight is 187 g/mol. The van der Waals surface area contributed by atoms with Gasteiger partial charge in [0.2, 0.25) is 5.78 Å². The molecule has 1 unspecified atom stereocenters. The minimum absolute atomic E-state index is 0.340. The number of Topliss-reactive ketones (excluding diaryl/α,β-unsaturated/α-hetero) is 1. The highest BCUT2D eigenvalue weighted by molar-refractivity contribution is 6.28. The number of aldehydes is 1. The Morgan fingerprint density at radius 3 is 2.86 bits per heavy atom. The molecule has 2 rings (SSSR count). The van der Waals surface area contributed by atoms with E-state index in [0.717, 1.165) is 11.1 Å². The molecule has 0 spiro atoms. The van der Waals surface area contributed by atoms with Crippen LogP contribution in [0.25, 0.3) is 5.70 Å². The molecule has 3 nitrogen and oxygen atoms in total. The summed E-state index contributed by atoms with van der Waals surface area (Å²) >= 11 is 0. The van der Waals surface area contributed by atoms with Gasteiger partial charge >= 0.3 is 0 Å². The van der Waals surface area contributed by atoms with Crippen LogP contribution in [-0.4, -0.2) is 12.1 Å². The van der Waals surface area contributed by atoms with Crippen molar-refractivity contribution in [2.45, 2.75) is 6.04 Å². The highest BCUT2D eigenvalue weighted by Gasteiger charge is 2.29. The lowest BCUT2D eigenvalue weighted by molar-refractivity contribution is -0.131. The normalized spacial score (nSPS) is 18.6. The molecule has 0 aromatic heterocycles. The third kappa shape index (κ3) is 1.14. The number of nitrogens with one attached hydrogen (secondary N) is 1. The van der Waals surface area contributed by atoms with Crippen LogP contribution in [0, 0.1) is 0 Å². The van der Waals surface area contributed by atoms with E-state index >= 15 is 0 Å². The molecule has 1 N–H and O–H groups in total. The number of fused-ring (bicyclic) bond motifs is 1. The number of rotatable bonds is 2. The van der Waals surface area contributed by atoms with Gasteiger partial charge in [0.15, 0.2) is 6.29 Å². The molecule has 0 aliphatic carbocycles. The molecule has 1 aromatic rings. The fraction of sp³-hybridized carbons (Fsp3) is 0.0909. The lowest BCUT2D eigenvalue weighted by atomic mass is 10.0. The third-order valence-corrected chi connectivity index (χ3v) is 2.32. The van der Waals surface area contributed by atoms with Gasteiger partial charge in [-0.1, -0.05) is 30.8 Å². The Morgan fingerprint density at radius 2 is 2.14 bits per heavy atom. The maximum Gasteiger partial charge on any atom is 0.221 e. The maximum atomic E-state index is 11.3. The van der Waals surface area contributed by atoms with Gasteiger partial charge in [0.1, 0.15) is 6.04 Å². The number of benzene rings is 1. The van der Waals surface area contributed by atoms with Crippen molar-refractivity contribution in [2.24, 2.45) is 0 Å². The van der Waals surface area contributed by atoms with Crippen LogP contribution in [0.2, 0.25) is 0 Å². The van der Waals surface area contributed by atoms with E-state index in [1.54, 1.807) is 0 Å². The average Bonchev–Trinajstić information content (AvgIpc) is 2.56. The van der Waals surface area contributed by atoms with E-state index in [1.807, 2.05) is 24.3 Å². The van der Waals surface area contributed by atoms with Gasteiger partial charge in [0, 0.05) is 11.3 Å². The first-order valence-corrected chi connectivity index (χ1v) is 4.28. The fourth-order valence-electron chi connectivity index (χ4n) is 1.65. The number of hydrogen-bond donors (Lipinski definition) is 1. The first-order valence-electron chi connectivity index (χ1n) is 4.28. The first kappa shape index (κ1) is 8.69. The van der Waals surface area contributed by atoms with Crippen molar-refractivity contribution < 1.29 is 9.59 Å². The molecule has 0 saturated carbocycles. The van der Waals surface area contributed by atoms with Crippen molar-refractivity contribution >= 4 is 17.8 Å². The Hall–Kier alpha value is -1.90. The van der Waals surface area contributed by atoms with Gasteiger partial charge in [0.05, 0.1) is 0 Å². The molecule has 1 aliphatic heterocycles. The first-order chi connectivity index (χ1) is 6.74. The van der Waals surface area contributed by atoms with E-state index in [-0.39, 0.29) is 0 Å². The number of ketones is 1. The predicted molar refractivity (Wildman–Crippen MR) is 52.4 cm³/mol. The Morgan fingerprint density at radius 1 is 1.43 bits per heavy atom. The van der Waals surface area contributed by atoms with Crippen molar-refractivity contribution in [3.63, 3.8) is 0 Å². The van der Waals surface area contributed by atoms with E-state index in [4.69, 9.17) is 0 Å². The Bertz CT molecular complexity index is 423. The maximum absolute atomic E-state index is 11.3. The number of carbonyl (C=O) groups excluding carboxylic acids is 2. The highest BCUT2D eigenvalue weighted by Crippen LogP contribution is 2.31. The molecule has 1 heterocycles. The zero-order valence-electron chi connectivity index (χ0n) is 7.49. The molecule has 3 heteroatoms. The predicted octanol–water partition coefficient (Wildman–Crippen LogP) is 1.07. The summed E-state index contributed by atoms with van der Waals surface area (Å²) in [4.78, 5) is 21.6. The molecule has 70 valence electrons. The summed E-state index contributed by atoms with van der Waals surface area (Å²) in [6.07, 6.45) is 0.340. The Balaban J connectivity index is 2.49. The molecule has 1 aliphatic rings. The number of hydrogen-bond acceptors (Lipinski definition) is 3. The Labute approximate surface area is 81.4 Å². The summed E-state index contributed by atoms with van der Waals surface area (Å²) in [6, 6.07) is 6.87.